The van der Waals surface area contributed by atoms with E-state index in [2.05, 4.69) is 17.1 Å². The number of benzene rings is 3. The summed E-state index contributed by atoms with van der Waals surface area (Å²) in [5, 5.41) is 2.90. The van der Waals surface area contributed by atoms with Crippen LogP contribution in [-0.4, -0.2) is 48.5 Å². The predicted octanol–water partition coefficient (Wildman–Crippen LogP) is 7.79. The minimum Gasteiger partial charge on any atom is -0.467 e. The molecule has 0 radical (unpaired) electrons. The molecule has 5 nitrogen and oxygen atoms in total. The first-order valence-corrected chi connectivity index (χ1v) is 16.8. The number of amides is 1. The number of ether oxygens (including phenoxy) is 1. The smallest absolute Gasteiger partial charge is 0.328 e. The summed E-state index contributed by atoms with van der Waals surface area (Å²) < 4.78 is 33.2. The van der Waals surface area contributed by atoms with Crippen LogP contribution in [0.25, 0.3) is 11.1 Å². The number of hydrogen-bond acceptors (Lipinski definition) is 5. The van der Waals surface area contributed by atoms with Crippen molar-refractivity contribution >= 4 is 23.6 Å². The minimum atomic E-state index is -0.746. The summed E-state index contributed by atoms with van der Waals surface area (Å²) in [6, 6.07) is 16.7. The van der Waals surface area contributed by atoms with Gasteiger partial charge in [0.1, 0.15) is 17.7 Å². The topological polar surface area (TPSA) is 58.6 Å². The van der Waals surface area contributed by atoms with Gasteiger partial charge in [0.25, 0.3) is 5.91 Å². The fourth-order valence-corrected chi connectivity index (χ4v) is 6.60. The number of carbonyl (C=O) groups excluding carboxylic acids is 2. The second kappa shape index (κ2) is 16.2. The van der Waals surface area contributed by atoms with Crippen molar-refractivity contribution < 1.29 is 23.1 Å². The third-order valence-corrected chi connectivity index (χ3v) is 9.20. The lowest BCUT2D eigenvalue weighted by molar-refractivity contribution is -0.142. The number of carbonyl (C=O) groups is 2. The maximum atomic E-state index is 14.1. The van der Waals surface area contributed by atoms with E-state index in [9.17, 15) is 18.4 Å². The monoisotopic (exact) mass is 622 g/mol. The Balaban J connectivity index is 1.66. The molecule has 3 aromatic rings. The van der Waals surface area contributed by atoms with Crippen LogP contribution in [0.5, 0.6) is 0 Å². The molecule has 1 atom stereocenters. The molecule has 1 aliphatic rings. The highest BCUT2D eigenvalue weighted by Crippen LogP contribution is 2.32. The van der Waals surface area contributed by atoms with E-state index in [4.69, 9.17) is 4.74 Å². The minimum absolute atomic E-state index is 0.338. The molecule has 1 aliphatic carbocycles. The van der Waals surface area contributed by atoms with Gasteiger partial charge in [0.05, 0.1) is 7.11 Å². The molecular formula is C36H44F2N2O3S. The molecule has 0 aliphatic heterocycles. The van der Waals surface area contributed by atoms with Crippen molar-refractivity contribution in [3.05, 3.63) is 94.6 Å². The Bertz CT molecular complexity index is 1400. The Morgan fingerprint density at radius 3 is 2.30 bits per heavy atom. The Hall–Kier alpha value is -3.23. The molecule has 1 fully saturated rings. The summed E-state index contributed by atoms with van der Waals surface area (Å²) in [4.78, 5) is 28.4. The molecule has 8 heteroatoms. The average Bonchev–Trinajstić information content (AvgIpc) is 2.99. The molecule has 0 saturated heterocycles. The second-order valence-electron chi connectivity index (χ2n) is 12.1. The molecule has 0 spiro atoms. The van der Waals surface area contributed by atoms with Gasteiger partial charge in [-0.1, -0.05) is 50.1 Å². The number of rotatable bonds is 13. The number of hydrogen-bond donors (Lipinski definition) is 1. The van der Waals surface area contributed by atoms with E-state index in [0.717, 1.165) is 53.6 Å². The second-order valence-corrected chi connectivity index (χ2v) is 13.1. The first-order chi connectivity index (χ1) is 21.2. The van der Waals surface area contributed by atoms with Gasteiger partial charge in [-0.2, -0.15) is 11.8 Å². The summed E-state index contributed by atoms with van der Waals surface area (Å²) in [7, 11) is 1.33. The van der Waals surface area contributed by atoms with Gasteiger partial charge in [-0.05, 0) is 102 Å². The number of halogens is 2. The van der Waals surface area contributed by atoms with E-state index in [-0.39, 0.29) is 5.91 Å². The number of nitrogens with one attached hydrogen (secondary N) is 1. The predicted molar refractivity (Wildman–Crippen MR) is 174 cm³/mol. The standard InChI is InChI=1S/C36H44F2N2O3S/c1-24-9-11-26(12-10-24)21-40(23-28-17-29(37)20-30(38)18-28)22-27-13-14-32(33(19-27)31-8-6-5-7-25(31)2)35(41)39-34(15-16-44-4)36(42)43-3/h5-8,13-14,17-20,24,26,34H,9-12,15-16,21-23H2,1-4H3,(H,39,41). The first kappa shape index (κ1) is 33.7. The Morgan fingerprint density at radius 1 is 0.955 bits per heavy atom. The van der Waals surface area contributed by atoms with Crippen LogP contribution in [0.1, 0.15) is 66.1 Å². The lowest BCUT2D eigenvalue weighted by atomic mass is 9.82. The van der Waals surface area contributed by atoms with Crippen molar-refractivity contribution in [1.82, 2.24) is 10.2 Å². The van der Waals surface area contributed by atoms with Crippen molar-refractivity contribution in [2.75, 3.05) is 25.7 Å². The van der Waals surface area contributed by atoms with Crippen LogP contribution in [0.15, 0.2) is 60.7 Å². The van der Waals surface area contributed by atoms with Crippen LogP contribution < -0.4 is 5.32 Å². The SMILES string of the molecule is COC(=O)C(CCSC)NC(=O)c1ccc(CN(Cc2cc(F)cc(F)c2)CC2CCC(C)CC2)cc1-c1ccccc1C. The van der Waals surface area contributed by atoms with Gasteiger partial charge < -0.3 is 10.1 Å². The lowest BCUT2D eigenvalue weighted by Crippen LogP contribution is -2.42. The van der Waals surface area contributed by atoms with Crippen molar-refractivity contribution in [2.45, 2.75) is 65.1 Å². The van der Waals surface area contributed by atoms with Crippen molar-refractivity contribution in [3.8, 4) is 11.1 Å². The molecule has 3 aromatic carbocycles. The molecule has 1 amide bonds. The van der Waals surface area contributed by atoms with Gasteiger partial charge in [-0.15, -0.1) is 0 Å². The Labute approximate surface area is 264 Å². The van der Waals surface area contributed by atoms with E-state index < -0.39 is 23.6 Å². The van der Waals surface area contributed by atoms with E-state index >= 15 is 0 Å². The van der Waals surface area contributed by atoms with Crippen LogP contribution in [0, 0.1) is 30.4 Å². The largest absolute Gasteiger partial charge is 0.467 e. The summed E-state index contributed by atoms with van der Waals surface area (Å²) in [6.07, 6.45) is 7.08. The van der Waals surface area contributed by atoms with E-state index in [0.29, 0.717) is 42.3 Å². The molecule has 0 heterocycles. The molecule has 0 aromatic heterocycles. The Kier molecular flexibility index (Phi) is 12.4. The summed E-state index contributed by atoms with van der Waals surface area (Å²) in [6.45, 7) is 6.10. The van der Waals surface area contributed by atoms with Gasteiger partial charge in [-0.3, -0.25) is 9.69 Å². The van der Waals surface area contributed by atoms with Crippen molar-refractivity contribution in [1.29, 1.82) is 0 Å². The first-order valence-electron chi connectivity index (χ1n) is 15.4. The van der Waals surface area contributed by atoms with Crippen LogP contribution in [-0.2, 0) is 22.6 Å². The summed E-state index contributed by atoms with van der Waals surface area (Å²) >= 11 is 1.60. The zero-order valence-corrected chi connectivity index (χ0v) is 27.0. The van der Waals surface area contributed by atoms with Gasteiger partial charge in [-0.25, -0.2) is 13.6 Å². The zero-order chi connectivity index (χ0) is 31.6. The fraction of sp³-hybridized carbons (Fsp3) is 0.444. The molecule has 1 unspecified atom stereocenters. The highest BCUT2D eigenvalue weighted by molar-refractivity contribution is 7.98. The zero-order valence-electron chi connectivity index (χ0n) is 26.2. The highest BCUT2D eigenvalue weighted by atomic mass is 32.2. The van der Waals surface area contributed by atoms with Gasteiger partial charge in [0.15, 0.2) is 0 Å². The third-order valence-electron chi connectivity index (χ3n) is 8.55. The van der Waals surface area contributed by atoms with Gasteiger partial charge in [0, 0.05) is 31.3 Å². The molecule has 1 saturated carbocycles. The number of nitrogens with zero attached hydrogens (tertiary/aromatic N) is 1. The molecule has 236 valence electrons. The number of methoxy groups -OCH3 is 1. The maximum Gasteiger partial charge on any atom is 0.328 e. The molecule has 1 N–H and O–H groups in total. The number of thioether (sulfide) groups is 1. The molecule has 44 heavy (non-hydrogen) atoms. The van der Waals surface area contributed by atoms with Crippen LogP contribution in [0.3, 0.4) is 0 Å². The van der Waals surface area contributed by atoms with Crippen LogP contribution in [0.4, 0.5) is 8.78 Å². The van der Waals surface area contributed by atoms with E-state index in [1.807, 2.05) is 55.6 Å². The summed E-state index contributed by atoms with van der Waals surface area (Å²) in [5.41, 5.74) is 4.79. The highest BCUT2D eigenvalue weighted by Gasteiger charge is 2.25. The Morgan fingerprint density at radius 2 is 1.64 bits per heavy atom. The van der Waals surface area contributed by atoms with Gasteiger partial charge >= 0.3 is 5.97 Å². The fourth-order valence-electron chi connectivity index (χ4n) is 6.13. The molecule has 0 bridgehead atoms. The van der Waals surface area contributed by atoms with Gasteiger partial charge in [0.2, 0.25) is 0 Å². The molecule has 4 rings (SSSR count). The lowest BCUT2D eigenvalue weighted by Gasteiger charge is -2.32. The normalized spacial score (nSPS) is 17.3. The number of aryl methyl sites for hydroxylation is 1. The van der Waals surface area contributed by atoms with E-state index in [1.165, 1.54) is 32.1 Å². The average molecular weight is 623 g/mol. The quantitative estimate of drug-likeness (QED) is 0.197. The maximum absolute atomic E-state index is 14.1. The van der Waals surface area contributed by atoms with Crippen molar-refractivity contribution in [3.63, 3.8) is 0 Å². The number of esters is 1. The van der Waals surface area contributed by atoms with Crippen LogP contribution in [0.2, 0.25) is 0 Å². The van der Waals surface area contributed by atoms with E-state index in [1.54, 1.807) is 11.8 Å². The third kappa shape index (κ3) is 9.38. The van der Waals surface area contributed by atoms with Crippen molar-refractivity contribution in [2.24, 2.45) is 11.8 Å². The van der Waals surface area contributed by atoms with Crippen LogP contribution >= 0.6 is 11.8 Å². The molecular weight excluding hydrogens is 578 g/mol. The summed E-state index contributed by atoms with van der Waals surface area (Å²) in [5.74, 6) is -0.0151.